The molecule has 0 fully saturated rings. The van der Waals surface area contributed by atoms with Gasteiger partial charge in [0.05, 0.1) is 6.61 Å². The van der Waals surface area contributed by atoms with Crippen LogP contribution < -0.4 is 4.74 Å². The molecule has 0 amide bonds. The second kappa shape index (κ2) is 11.4. The number of benzene rings is 1. The minimum Gasteiger partial charge on any atom is -0.493 e. The van der Waals surface area contributed by atoms with Crippen molar-refractivity contribution in [3.63, 3.8) is 0 Å². The number of allylic oxidation sites excluding steroid dienone is 5. The summed E-state index contributed by atoms with van der Waals surface area (Å²) in [4.78, 5) is 10.8. The monoisotopic (exact) mass is 426 g/mol. The number of rotatable bonds is 9. The molecule has 0 aliphatic carbocycles. The lowest BCUT2D eigenvalue weighted by Gasteiger charge is -2.29. The lowest BCUT2D eigenvalue weighted by molar-refractivity contribution is -0.131. The Labute approximate surface area is 189 Å². The van der Waals surface area contributed by atoms with Crippen molar-refractivity contribution in [1.82, 2.24) is 0 Å². The van der Waals surface area contributed by atoms with E-state index in [0.29, 0.717) is 12.2 Å². The largest absolute Gasteiger partial charge is 0.493 e. The Morgan fingerprint density at radius 3 is 2.19 bits per heavy atom. The van der Waals surface area contributed by atoms with Crippen LogP contribution in [-0.2, 0) is 15.6 Å². The maximum Gasteiger partial charge on any atom is 0.328 e. The van der Waals surface area contributed by atoms with Crippen LogP contribution in [-0.4, -0.2) is 17.7 Å². The van der Waals surface area contributed by atoms with Crippen molar-refractivity contribution in [1.29, 1.82) is 0 Å². The molecule has 31 heavy (non-hydrogen) atoms. The highest BCUT2D eigenvalue weighted by Crippen LogP contribution is 2.41. The van der Waals surface area contributed by atoms with E-state index in [1.165, 1.54) is 17.2 Å². The zero-order valence-electron chi connectivity index (χ0n) is 21.1. The van der Waals surface area contributed by atoms with E-state index in [4.69, 9.17) is 9.84 Å². The summed E-state index contributed by atoms with van der Waals surface area (Å²) in [5.41, 5.74) is 5.39. The Balaban J connectivity index is 3.56. The summed E-state index contributed by atoms with van der Waals surface area (Å²) in [7, 11) is 0. The predicted molar refractivity (Wildman–Crippen MR) is 133 cm³/mol. The summed E-state index contributed by atoms with van der Waals surface area (Å²) in [5.74, 6) is 0.0369. The van der Waals surface area contributed by atoms with Crippen molar-refractivity contribution in [2.45, 2.75) is 92.4 Å². The van der Waals surface area contributed by atoms with Gasteiger partial charge in [-0.05, 0) is 53.9 Å². The molecule has 3 nitrogen and oxygen atoms in total. The molecule has 0 radical (unpaired) electrons. The van der Waals surface area contributed by atoms with Crippen molar-refractivity contribution in [2.75, 3.05) is 6.61 Å². The number of aliphatic carboxylic acids is 1. The first-order valence-electron chi connectivity index (χ1n) is 11.4. The average molecular weight is 427 g/mol. The summed E-state index contributed by atoms with van der Waals surface area (Å²) in [5, 5.41) is 8.90. The lowest BCUT2D eigenvalue weighted by Crippen LogP contribution is -2.19. The van der Waals surface area contributed by atoms with Crippen molar-refractivity contribution >= 4 is 11.5 Å². The van der Waals surface area contributed by atoms with E-state index < -0.39 is 5.97 Å². The molecule has 0 aromatic heterocycles. The van der Waals surface area contributed by atoms with Gasteiger partial charge in [0.15, 0.2) is 0 Å². The van der Waals surface area contributed by atoms with E-state index in [1.807, 2.05) is 18.2 Å². The highest BCUT2D eigenvalue weighted by atomic mass is 16.5. The molecular formula is C28H42O3. The van der Waals surface area contributed by atoms with Crippen LogP contribution in [0.3, 0.4) is 0 Å². The van der Waals surface area contributed by atoms with Crippen molar-refractivity contribution < 1.29 is 14.6 Å². The van der Waals surface area contributed by atoms with Crippen molar-refractivity contribution in [3.8, 4) is 5.75 Å². The van der Waals surface area contributed by atoms with Crippen LogP contribution in [0.15, 0.2) is 42.0 Å². The molecule has 172 valence electrons. The summed E-state index contributed by atoms with van der Waals surface area (Å²) < 4.78 is 6.41. The summed E-state index contributed by atoms with van der Waals surface area (Å²) in [6.07, 6.45) is 10.3. The van der Waals surface area contributed by atoms with Gasteiger partial charge in [-0.1, -0.05) is 85.6 Å². The molecule has 1 N–H and O–H groups in total. The van der Waals surface area contributed by atoms with Gasteiger partial charge in [-0.15, -0.1) is 0 Å². The number of unbranched alkanes of at least 4 members (excludes halogenated alkanes) is 2. The second-order valence-electron chi connectivity index (χ2n) is 10.4. The molecule has 0 heterocycles. The summed E-state index contributed by atoms with van der Waals surface area (Å²) in [6.45, 7) is 20.2. The zero-order valence-corrected chi connectivity index (χ0v) is 21.1. The van der Waals surface area contributed by atoms with Gasteiger partial charge >= 0.3 is 5.97 Å². The van der Waals surface area contributed by atoms with Gasteiger partial charge in [0.1, 0.15) is 5.75 Å². The molecule has 0 aliphatic heterocycles. The van der Waals surface area contributed by atoms with Crippen LogP contribution in [0.2, 0.25) is 0 Å². The summed E-state index contributed by atoms with van der Waals surface area (Å²) in [6, 6.07) is 4.56. The standard InChI is InChI=1S/C28H42O3/c1-10-11-12-16-31-26-23(21(3)15-13-14-20(2)17-25(29)30)18-22(27(4,5)6)19-24(26)28(7,8)9/h13-15,17-19H,10-12,16H2,1-9H3,(H,29,30)/b14-13+,20-17+,21-15+. The molecule has 0 unspecified atom stereocenters. The number of carboxylic acid groups (broad SMARTS) is 1. The van der Waals surface area contributed by atoms with Gasteiger partial charge in [0.2, 0.25) is 0 Å². The van der Waals surface area contributed by atoms with Gasteiger partial charge in [-0.25, -0.2) is 4.79 Å². The third-order valence-corrected chi connectivity index (χ3v) is 5.24. The summed E-state index contributed by atoms with van der Waals surface area (Å²) >= 11 is 0. The van der Waals surface area contributed by atoms with E-state index >= 15 is 0 Å². The van der Waals surface area contributed by atoms with E-state index in [-0.39, 0.29) is 10.8 Å². The van der Waals surface area contributed by atoms with Gasteiger partial charge in [-0.2, -0.15) is 0 Å². The zero-order chi connectivity index (χ0) is 23.8. The molecule has 3 heteroatoms. The first-order chi connectivity index (χ1) is 14.3. The highest BCUT2D eigenvalue weighted by Gasteiger charge is 2.26. The van der Waals surface area contributed by atoms with E-state index in [1.54, 1.807) is 6.92 Å². The molecule has 1 aromatic rings. The fourth-order valence-corrected chi connectivity index (χ4v) is 3.27. The minimum atomic E-state index is -0.932. The van der Waals surface area contributed by atoms with Gasteiger partial charge in [0, 0.05) is 17.2 Å². The van der Waals surface area contributed by atoms with Gasteiger partial charge in [0.25, 0.3) is 0 Å². The number of carbonyl (C=O) groups is 1. The topological polar surface area (TPSA) is 46.5 Å². The number of ether oxygens (including phenoxy) is 1. The molecular weight excluding hydrogens is 384 g/mol. The highest BCUT2D eigenvalue weighted by molar-refractivity contribution is 5.81. The van der Waals surface area contributed by atoms with Crippen LogP contribution in [0.5, 0.6) is 5.75 Å². The van der Waals surface area contributed by atoms with Crippen LogP contribution in [0.1, 0.15) is 98.3 Å². The SMILES string of the molecule is CCCCCOc1c(/C(C)=C/C=C/C(C)=C/C(=O)O)cc(C(C)(C)C)cc1C(C)(C)C. The Hall–Kier alpha value is -2.29. The first-order valence-corrected chi connectivity index (χ1v) is 11.4. The molecule has 0 spiro atoms. The van der Waals surface area contributed by atoms with Crippen LogP contribution in [0.25, 0.3) is 5.57 Å². The fourth-order valence-electron chi connectivity index (χ4n) is 3.27. The molecule has 0 bridgehead atoms. The van der Waals surface area contributed by atoms with Crippen LogP contribution >= 0.6 is 0 Å². The smallest absolute Gasteiger partial charge is 0.328 e. The molecule has 0 saturated carbocycles. The van der Waals surface area contributed by atoms with Crippen molar-refractivity contribution in [2.24, 2.45) is 0 Å². The van der Waals surface area contributed by atoms with E-state index in [0.717, 1.165) is 36.1 Å². The maximum atomic E-state index is 10.8. The first kappa shape index (κ1) is 26.7. The number of hydrogen-bond acceptors (Lipinski definition) is 2. The lowest BCUT2D eigenvalue weighted by atomic mass is 9.78. The Bertz CT molecular complexity index is 840. The quantitative estimate of drug-likeness (QED) is 0.248. The Morgan fingerprint density at radius 1 is 1.03 bits per heavy atom. The Kier molecular flexibility index (Phi) is 9.80. The normalized spacial score (nSPS) is 13.7. The van der Waals surface area contributed by atoms with Crippen LogP contribution in [0.4, 0.5) is 0 Å². The Morgan fingerprint density at radius 2 is 1.68 bits per heavy atom. The molecule has 0 aliphatic rings. The van der Waals surface area contributed by atoms with E-state index in [2.05, 4.69) is 67.5 Å². The van der Waals surface area contributed by atoms with Crippen molar-refractivity contribution in [3.05, 3.63) is 58.7 Å². The average Bonchev–Trinajstić information content (AvgIpc) is 2.62. The van der Waals surface area contributed by atoms with Crippen LogP contribution in [0, 0.1) is 0 Å². The molecule has 0 saturated heterocycles. The fraction of sp³-hybridized carbons (Fsp3) is 0.536. The van der Waals surface area contributed by atoms with Gasteiger partial charge < -0.3 is 9.84 Å². The third kappa shape index (κ3) is 8.77. The molecule has 1 aromatic carbocycles. The molecule has 1 rings (SSSR count). The minimum absolute atomic E-state index is 0.0203. The number of hydrogen-bond donors (Lipinski definition) is 1. The third-order valence-electron chi connectivity index (χ3n) is 5.24. The maximum absolute atomic E-state index is 10.8. The second-order valence-corrected chi connectivity index (χ2v) is 10.4. The number of carboxylic acids is 1. The molecule has 0 atom stereocenters. The van der Waals surface area contributed by atoms with Gasteiger partial charge in [-0.3, -0.25) is 0 Å². The van der Waals surface area contributed by atoms with E-state index in [9.17, 15) is 4.79 Å². The predicted octanol–water partition coefficient (Wildman–Crippen LogP) is 7.84.